The van der Waals surface area contributed by atoms with Crippen LogP contribution in [0.4, 0.5) is 5.69 Å². The van der Waals surface area contributed by atoms with Gasteiger partial charge in [0.2, 0.25) is 0 Å². The Morgan fingerprint density at radius 1 is 0.966 bits per heavy atom. The summed E-state index contributed by atoms with van der Waals surface area (Å²) in [7, 11) is 1.72. The minimum atomic E-state index is 0.0695. The normalized spacial score (nSPS) is 15.0. The van der Waals surface area contributed by atoms with Gasteiger partial charge in [0, 0.05) is 45.7 Å². The molecule has 6 heteroatoms. The maximum atomic E-state index is 13.0. The third-order valence-corrected chi connectivity index (χ3v) is 5.69. The predicted octanol–water partition coefficient (Wildman–Crippen LogP) is 2.79. The van der Waals surface area contributed by atoms with Crippen molar-refractivity contribution in [1.29, 1.82) is 0 Å². The van der Waals surface area contributed by atoms with Gasteiger partial charge in [-0.2, -0.15) is 0 Å². The maximum Gasteiger partial charge on any atom is 0.261 e. The minimum Gasteiger partial charge on any atom is -0.495 e. The van der Waals surface area contributed by atoms with E-state index in [2.05, 4.69) is 28.9 Å². The quantitative estimate of drug-likeness (QED) is 0.646. The van der Waals surface area contributed by atoms with E-state index in [0.29, 0.717) is 11.9 Å². The van der Waals surface area contributed by atoms with Crippen molar-refractivity contribution in [3.8, 4) is 5.75 Å². The van der Waals surface area contributed by atoms with Gasteiger partial charge in [-0.3, -0.25) is 14.3 Å². The van der Waals surface area contributed by atoms with E-state index in [-0.39, 0.29) is 5.56 Å². The van der Waals surface area contributed by atoms with Crippen LogP contribution in [-0.2, 0) is 13.0 Å². The first kappa shape index (κ1) is 19.5. The number of benzene rings is 2. The van der Waals surface area contributed by atoms with Gasteiger partial charge in [-0.15, -0.1) is 0 Å². The number of piperazine rings is 1. The lowest BCUT2D eigenvalue weighted by molar-refractivity contribution is 0.245. The molecule has 6 nitrogen and oxygen atoms in total. The average Bonchev–Trinajstić information content (AvgIpc) is 2.78. The molecule has 1 saturated heterocycles. The van der Waals surface area contributed by atoms with Gasteiger partial charge in [-0.05, 0) is 24.3 Å². The van der Waals surface area contributed by atoms with E-state index in [4.69, 9.17) is 9.72 Å². The summed E-state index contributed by atoms with van der Waals surface area (Å²) in [5.41, 5.74) is 2.01. The summed E-state index contributed by atoms with van der Waals surface area (Å²) in [5, 5.41) is 0.700. The molecular weight excluding hydrogens is 364 g/mol. The second-order valence-corrected chi connectivity index (χ2v) is 7.36. The van der Waals surface area contributed by atoms with E-state index in [1.165, 1.54) is 0 Å². The van der Waals surface area contributed by atoms with Crippen LogP contribution in [0.25, 0.3) is 10.9 Å². The number of aromatic nitrogens is 2. The molecule has 3 aromatic rings. The molecule has 1 aromatic heterocycles. The number of rotatable bonds is 6. The smallest absolute Gasteiger partial charge is 0.261 e. The zero-order valence-corrected chi connectivity index (χ0v) is 17.2. The van der Waals surface area contributed by atoms with Crippen molar-refractivity contribution in [2.24, 2.45) is 0 Å². The summed E-state index contributed by atoms with van der Waals surface area (Å²) in [6.07, 6.45) is 0.752. The van der Waals surface area contributed by atoms with E-state index in [0.717, 1.165) is 61.9 Å². The summed E-state index contributed by atoms with van der Waals surface area (Å²) >= 11 is 0. The Labute approximate surface area is 171 Å². The molecule has 2 heterocycles. The van der Waals surface area contributed by atoms with E-state index in [9.17, 15) is 4.79 Å². The molecule has 0 saturated carbocycles. The number of ether oxygens (including phenoxy) is 1. The lowest BCUT2D eigenvalue weighted by Crippen LogP contribution is -2.47. The fraction of sp³-hybridized carbons (Fsp3) is 0.391. The Hall–Kier alpha value is -2.86. The molecule has 4 rings (SSSR count). The van der Waals surface area contributed by atoms with Crippen LogP contribution in [0.3, 0.4) is 0 Å². The Morgan fingerprint density at radius 3 is 2.45 bits per heavy atom. The lowest BCUT2D eigenvalue weighted by atomic mass is 10.2. The van der Waals surface area contributed by atoms with Gasteiger partial charge in [-0.1, -0.05) is 31.2 Å². The second kappa shape index (κ2) is 8.66. The van der Waals surface area contributed by atoms with Crippen LogP contribution in [0.1, 0.15) is 12.7 Å². The highest BCUT2D eigenvalue weighted by Crippen LogP contribution is 2.28. The monoisotopic (exact) mass is 392 g/mol. The molecule has 29 heavy (non-hydrogen) atoms. The van der Waals surface area contributed by atoms with Gasteiger partial charge >= 0.3 is 0 Å². The van der Waals surface area contributed by atoms with Crippen molar-refractivity contribution in [2.75, 3.05) is 44.7 Å². The topological polar surface area (TPSA) is 50.6 Å². The van der Waals surface area contributed by atoms with Gasteiger partial charge in [0.05, 0.1) is 23.7 Å². The largest absolute Gasteiger partial charge is 0.495 e. The third-order valence-electron chi connectivity index (χ3n) is 5.69. The second-order valence-electron chi connectivity index (χ2n) is 7.36. The molecule has 1 aliphatic heterocycles. The Kier molecular flexibility index (Phi) is 5.81. The molecule has 152 valence electrons. The van der Waals surface area contributed by atoms with Gasteiger partial charge in [0.15, 0.2) is 0 Å². The highest BCUT2D eigenvalue weighted by Gasteiger charge is 2.20. The van der Waals surface area contributed by atoms with E-state index >= 15 is 0 Å². The lowest BCUT2D eigenvalue weighted by Gasteiger charge is -2.36. The molecular formula is C23H28N4O2. The number of hydrogen-bond donors (Lipinski definition) is 0. The highest BCUT2D eigenvalue weighted by molar-refractivity contribution is 5.77. The van der Waals surface area contributed by atoms with E-state index < -0.39 is 0 Å². The molecule has 0 N–H and O–H groups in total. The number of hydrogen-bond acceptors (Lipinski definition) is 5. The van der Waals surface area contributed by atoms with Crippen LogP contribution in [0.2, 0.25) is 0 Å². The molecule has 0 spiro atoms. The number of aryl methyl sites for hydroxylation is 1. The number of anilines is 1. The molecule has 1 aliphatic rings. The van der Waals surface area contributed by atoms with Crippen LogP contribution in [0, 0.1) is 0 Å². The first-order chi connectivity index (χ1) is 14.2. The SMILES string of the molecule is CCc1nc2ccccc2c(=O)n1CCN1CCN(c2ccccc2OC)CC1. The van der Waals surface area contributed by atoms with Crippen molar-refractivity contribution in [3.05, 3.63) is 64.7 Å². The molecule has 0 unspecified atom stereocenters. The number of nitrogens with zero attached hydrogens (tertiary/aromatic N) is 4. The minimum absolute atomic E-state index is 0.0695. The molecule has 0 radical (unpaired) electrons. The van der Waals surface area contributed by atoms with Crippen LogP contribution >= 0.6 is 0 Å². The van der Waals surface area contributed by atoms with Crippen molar-refractivity contribution < 1.29 is 4.74 Å². The average molecular weight is 393 g/mol. The fourth-order valence-corrected chi connectivity index (χ4v) is 4.06. The fourth-order valence-electron chi connectivity index (χ4n) is 4.06. The number of methoxy groups -OCH3 is 1. The summed E-state index contributed by atoms with van der Waals surface area (Å²) in [4.78, 5) is 22.5. The van der Waals surface area contributed by atoms with Crippen LogP contribution in [0.5, 0.6) is 5.75 Å². The molecule has 0 amide bonds. The zero-order valence-electron chi connectivity index (χ0n) is 17.2. The summed E-state index contributed by atoms with van der Waals surface area (Å²) in [6.45, 7) is 7.42. The Morgan fingerprint density at radius 2 is 1.69 bits per heavy atom. The van der Waals surface area contributed by atoms with Crippen LogP contribution < -0.4 is 15.2 Å². The zero-order chi connectivity index (χ0) is 20.2. The summed E-state index contributed by atoms with van der Waals surface area (Å²) in [6, 6.07) is 15.8. The Bertz CT molecular complexity index is 1040. The highest BCUT2D eigenvalue weighted by atomic mass is 16.5. The molecule has 1 fully saturated rings. The van der Waals surface area contributed by atoms with Gasteiger partial charge in [-0.25, -0.2) is 4.98 Å². The third kappa shape index (κ3) is 3.98. The van der Waals surface area contributed by atoms with E-state index in [1.54, 1.807) is 7.11 Å². The van der Waals surface area contributed by atoms with Crippen molar-refractivity contribution >= 4 is 16.6 Å². The first-order valence-corrected chi connectivity index (χ1v) is 10.3. The summed E-state index contributed by atoms with van der Waals surface area (Å²) < 4.78 is 7.36. The number of para-hydroxylation sites is 3. The van der Waals surface area contributed by atoms with Gasteiger partial charge < -0.3 is 9.64 Å². The first-order valence-electron chi connectivity index (χ1n) is 10.3. The van der Waals surface area contributed by atoms with Crippen molar-refractivity contribution in [1.82, 2.24) is 14.5 Å². The standard InChI is InChI=1S/C23H28N4O2/c1-3-22-24-19-9-5-4-8-18(19)23(28)27(22)17-14-25-12-15-26(16-13-25)20-10-6-7-11-21(20)29-2/h4-11H,3,12-17H2,1-2H3. The van der Waals surface area contributed by atoms with E-state index in [1.807, 2.05) is 41.0 Å². The van der Waals surface area contributed by atoms with Crippen molar-refractivity contribution in [3.63, 3.8) is 0 Å². The van der Waals surface area contributed by atoms with Crippen molar-refractivity contribution in [2.45, 2.75) is 19.9 Å². The molecule has 2 aromatic carbocycles. The summed E-state index contributed by atoms with van der Waals surface area (Å²) in [5.74, 6) is 1.78. The number of fused-ring (bicyclic) bond motifs is 1. The van der Waals surface area contributed by atoms with Gasteiger partial charge in [0.1, 0.15) is 11.6 Å². The van der Waals surface area contributed by atoms with Gasteiger partial charge in [0.25, 0.3) is 5.56 Å². The molecule has 0 aliphatic carbocycles. The van der Waals surface area contributed by atoms with Crippen LogP contribution in [-0.4, -0.2) is 54.3 Å². The Balaban J connectivity index is 1.43. The van der Waals surface area contributed by atoms with Crippen LogP contribution in [0.15, 0.2) is 53.3 Å². The maximum absolute atomic E-state index is 13.0. The molecule has 0 bridgehead atoms. The molecule has 0 atom stereocenters. The predicted molar refractivity (Wildman–Crippen MR) is 117 cm³/mol.